The lowest BCUT2D eigenvalue weighted by Gasteiger charge is -2.34. The van der Waals surface area contributed by atoms with Gasteiger partial charge in [-0.15, -0.1) is 6.58 Å². The van der Waals surface area contributed by atoms with E-state index in [1.165, 1.54) is 22.3 Å². The van der Waals surface area contributed by atoms with Crippen LogP contribution in [0.2, 0.25) is 0 Å². The predicted molar refractivity (Wildman–Crippen MR) is 181 cm³/mol. The fourth-order valence-corrected chi connectivity index (χ4v) is 8.99. The summed E-state index contributed by atoms with van der Waals surface area (Å²) < 4.78 is 0. The van der Waals surface area contributed by atoms with Gasteiger partial charge in [-0.1, -0.05) is 121 Å². The minimum atomic E-state index is 0.0245. The topological polar surface area (TPSA) is 17.1 Å². The molecule has 6 atom stereocenters. The van der Waals surface area contributed by atoms with Crippen molar-refractivity contribution in [3.63, 3.8) is 0 Å². The van der Waals surface area contributed by atoms with E-state index in [1.54, 1.807) is 0 Å². The standard InChI is InChI=1S/C41H58O/c1-12-16-27(4)29(6)30(17-13-2)21-28(5)37-35(24-36-38(37)41(36,10)11)39(42)34(20-26(3)25-40(7,8)9)33-22-31-18-14-15-19-32(31)23-33/h13-15,18-19,30,33-38H,2-6,12,16-17,20-25H2,1,7-11H3/t30?,34-,35?,36?,37?,38?/m0/s1. The highest BCUT2D eigenvalue weighted by Crippen LogP contribution is 2.72. The van der Waals surface area contributed by atoms with Crippen molar-refractivity contribution in [1.82, 2.24) is 0 Å². The smallest absolute Gasteiger partial charge is 0.140 e. The molecule has 0 radical (unpaired) electrons. The quantitative estimate of drug-likeness (QED) is 0.152. The van der Waals surface area contributed by atoms with E-state index in [1.807, 2.05) is 6.08 Å². The Bertz CT molecular complexity index is 1210. The Labute approximate surface area is 258 Å². The lowest BCUT2D eigenvalue weighted by Crippen LogP contribution is -2.35. The van der Waals surface area contributed by atoms with Gasteiger partial charge in [0.1, 0.15) is 5.78 Å². The molecule has 3 aliphatic carbocycles. The van der Waals surface area contributed by atoms with E-state index < -0.39 is 0 Å². The zero-order valence-corrected chi connectivity index (χ0v) is 27.7. The van der Waals surface area contributed by atoms with Crippen molar-refractivity contribution in [1.29, 1.82) is 0 Å². The number of benzene rings is 1. The molecule has 0 aromatic heterocycles. The van der Waals surface area contributed by atoms with Gasteiger partial charge < -0.3 is 0 Å². The Morgan fingerprint density at radius 1 is 1.05 bits per heavy atom. The Morgan fingerprint density at radius 2 is 1.67 bits per heavy atom. The number of rotatable bonds is 15. The van der Waals surface area contributed by atoms with Gasteiger partial charge in [0.2, 0.25) is 0 Å². The summed E-state index contributed by atoms with van der Waals surface area (Å²) in [5, 5.41) is 0. The van der Waals surface area contributed by atoms with Crippen molar-refractivity contribution in [2.24, 2.45) is 52.3 Å². The first kappa shape index (κ1) is 32.5. The highest BCUT2D eigenvalue weighted by Gasteiger charge is 2.68. The first-order valence-corrected chi connectivity index (χ1v) is 16.6. The summed E-state index contributed by atoms with van der Waals surface area (Å²) in [6.07, 6.45) is 10.6. The van der Waals surface area contributed by atoms with Gasteiger partial charge in [-0.2, -0.15) is 0 Å². The second-order valence-corrected chi connectivity index (χ2v) is 15.9. The summed E-state index contributed by atoms with van der Waals surface area (Å²) >= 11 is 0. The maximum absolute atomic E-state index is 14.9. The monoisotopic (exact) mass is 566 g/mol. The van der Waals surface area contributed by atoms with Gasteiger partial charge in [0.15, 0.2) is 0 Å². The number of allylic oxidation sites excluding steroid dienone is 5. The van der Waals surface area contributed by atoms with Crippen LogP contribution in [0.25, 0.3) is 0 Å². The van der Waals surface area contributed by atoms with E-state index in [4.69, 9.17) is 6.58 Å². The number of carbonyl (C=O) groups is 1. The SMILES string of the molecule is C=CCC(CC(=C)C1C(C(=O)[C@@H](CC(=C)CC(C)(C)C)C2Cc3ccccc3C2)CC2C1C2(C)C)C(=C)C(=C)CCC. The molecule has 5 unspecified atom stereocenters. The highest BCUT2D eigenvalue weighted by molar-refractivity contribution is 5.85. The minimum Gasteiger partial charge on any atom is -0.299 e. The van der Waals surface area contributed by atoms with E-state index in [0.717, 1.165) is 68.9 Å². The predicted octanol–water partition coefficient (Wildman–Crippen LogP) is 10.9. The molecule has 0 aliphatic heterocycles. The third-order valence-electron chi connectivity index (χ3n) is 11.1. The molecular formula is C41H58O. The molecule has 0 spiro atoms. The number of hydrogen-bond acceptors (Lipinski definition) is 1. The average molecular weight is 567 g/mol. The van der Waals surface area contributed by atoms with E-state index in [0.29, 0.717) is 23.5 Å². The Kier molecular flexibility index (Phi) is 9.81. The number of hydrogen-bond donors (Lipinski definition) is 0. The molecule has 0 amide bonds. The largest absolute Gasteiger partial charge is 0.299 e. The summed E-state index contributed by atoms with van der Waals surface area (Å²) in [5.74, 6) is 2.61. The van der Waals surface area contributed by atoms with Crippen molar-refractivity contribution in [3.8, 4) is 0 Å². The van der Waals surface area contributed by atoms with E-state index in [2.05, 4.69) is 92.1 Å². The van der Waals surface area contributed by atoms with E-state index >= 15 is 0 Å². The normalized spacial score (nSPS) is 25.7. The molecule has 3 aliphatic rings. The molecular weight excluding hydrogens is 508 g/mol. The van der Waals surface area contributed by atoms with Crippen molar-refractivity contribution < 1.29 is 4.79 Å². The van der Waals surface area contributed by atoms with Crippen LogP contribution in [0.4, 0.5) is 0 Å². The first-order chi connectivity index (χ1) is 19.7. The van der Waals surface area contributed by atoms with Crippen LogP contribution in [0.1, 0.15) is 97.6 Å². The van der Waals surface area contributed by atoms with Crippen molar-refractivity contribution in [2.75, 3.05) is 0 Å². The summed E-state index contributed by atoms with van der Waals surface area (Å²) in [7, 11) is 0. The van der Waals surface area contributed by atoms with Crippen LogP contribution >= 0.6 is 0 Å². The van der Waals surface area contributed by atoms with Crippen LogP contribution < -0.4 is 0 Å². The maximum atomic E-state index is 14.9. The summed E-state index contributed by atoms with van der Waals surface area (Å²) in [6, 6.07) is 8.81. The fourth-order valence-electron chi connectivity index (χ4n) is 8.99. The van der Waals surface area contributed by atoms with Crippen LogP contribution in [0.15, 0.2) is 85.5 Å². The lowest BCUT2D eigenvalue weighted by atomic mass is 9.69. The molecule has 0 saturated heterocycles. The van der Waals surface area contributed by atoms with Crippen molar-refractivity contribution in [3.05, 3.63) is 96.7 Å². The van der Waals surface area contributed by atoms with Crippen LogP contribution in [-0.4, -0.2) is 5.78 Å². The van der Waals surface area contributed by atoms with Gasteiger partial charge in [0.05, 0.1) is 0 Å². The molecule has 1 nitrogen and oxygen atoms in total. The van der Waals surface area contributed by atoms with Crippen LogP contribution in [0.5, 0.6) is 0 Å². The molecule has 1 heteroatoms. The average Bonchev–Trinajstić information content (AvgIpc) is 3.28. The van der Waals surface area contributed by atoms with Crippen molar-refractivity contribution in [2.45, 2.75) is 99.3 Å². The number of fused-ring (bicyclic) bond motifs is 2. The number of Topliss-reactive ketones (excluding diaryl/α,β-unsaturated/α-hetero) is 1. The number of ketones is 1. The molecule has 1 aromatic rings. The second kappa shape index (κ2) is 12.7. The minimum absolute atomic E-state index is 0.0245. The van der Waals surface area contributed by atoms with Crippen LogP contribution in [0.3, 0.4) is 0 Å². The summed E-state index contributed by atoms with van der Waals surface area (Å²) in [5.41, 5.74) is 8.09. The van der Waals surface area contributed by atoms with E-state index in [-0.39, 0.29) is 34.5 Å². The lowest BCUT2D eigenvalue weighted by molar-refractivity contribution is -0.130. The molecule has 228 valence electrons. The molecule has 2 fully saturated rings. The summed E-state index contributed by atoms with van der Waals surface area (Å²) in [6.45, 7) is 36.0. The van der Waals surface area contributed by atoms with E-state index in [9.17, 15) is 4.79 Å². The molecule has 2 saturated carbocycles. The second-order valence-electron chi connectivity index (χ2n) is 15.9. The van der Waals surface area contributed by atoms with Gasteiger partial charge in [0.25, 0.3) is 0 Å². The molecule has 0 N–H and O–H groups in total. The third-order valence-corrected chi connectivity index (χ3v) is 11.1. The van der Waals surface area contributed by atoms with Gasteiger partial charge in [-0.05, 0) is 108 Å². The van der Waals surface area contributed by atoms with Gasteiger partial charge in [0, 0.05) is 11.8 Å². The highest BCUT2D eigenvalue weighted by atomic mass is 16.1. The van der Waals surface area contributed by atoms with Crippen LogP contribution in [-0.2, 0) is 17.6 Å². The molecule has 0 heterocycles. The Morgan fingerprint density at radius 3 is 2.21 bits per heavy atom. The van der Waals surface area contributed by atoms with Crippen LogP contribution in [0, 0.1) is 52.3 Å². The molecule has 0 bridgehead atoms. The van der Waals surface area contributed by atoms with Gasteiger partial charge >= 0.3 is 0 Å². The molecule has 4 rings (SSSR count). The molecule has 42 heavy (non-hydrogen) atoms. The van der Waals surface area contributed by atoms with Crippen molar-refractivity contribution >= 4 is 5.78 Å². The Balaban J connectivity index is 1.60. The third kappa shape index (κ3) is 6.87. The molecule has 1 aromatic carbocycles. The summed E-state index contributed by atoms with van der Waals surface area (Å²) in [4.78, 5) is 14.9. The van der Waals surface area contributed by atoms with Gasteiger partial charge in [-0.3, -0.25) is 4.79 Å². The first-order valence-electron chi connectivity index (χ1n) is 16.6. The fraction of sp³-hybridized carbons (Fsp3) is 0.585. The van der Waals surface area contributed by atoms with Gasteiger partial charge in [-0.25, -0.2) is 0 Å². The maximum Gasteiger partial charge on any atom is 0.140 e. The Hall–Kier alpha value is -2.41. The zero-order chi connectivity index (χ0) is 31.0. The zero-order valence-electron chi connectivity index (χ0n) is 27.7. The number of carbonyl (C=O) groups excluding carboxylic acids is 1.